The third-order valence-corrected chi connectivity index (χ3v) is 2.23. The molecule has 0 saturated heterocycles. The summed E-state index contributed by atoms with van der Waals surface area (Å²) in [6, 6.07) is 0.135. The zero-order valence-corrected chi connectivity index (χ0v) is 7.99. The van der Waals surface area contributed by atoms with Crippen LogP contribution in [0.1, 0.15) is 6.92 Å². The second kappa shape index (κ2) is 7.01. The van der Waals surface area contributed by atoms with E-state index in [9.17, 15) is 4.79 Å². The fourth-order valence-electron chi connectivity index (χ4n) is 0.538. The number of amides is 1. The van der Waals surface area contributed by atoms with Crippen molar-refractivity contribution in [2.45, 2.75) is 13.0 Å². The summed E-state index contributed by atoms with van der Waals surface area (Å²) >= 11 is 1.51. The molecule has 0 aromatic carbocycles. The molecular weight excluding hydrogens is 172 g/mol. The molecule has 12 heavy (non-hydrogen) atoms. The lowest BCUT2D eigenvalue weighted by atomic mass is 10.4. The van der Waals surface area contributed by atoms with Gasteiger partial charge in [0.1, 0.15) is 0 Å². The molecule has 0 aliphatic heterocycles. The Balaban J connectivity index is 3.27. The van der Waals surface area contributed by atoms with Crippen molar-refractivity contribution in [3.63, 3.8) is 0 Å². The number of rotatable bonds is 5. The van der Waals surface area contributed by atoms with Gasteiger partial charge in [-0.05, 0) is 6.92 Å². The first-order valence-electron chi connectivity index (χ1n) is 3.70. The highest BCUT2D eigenvalue weighted by Gasteiger charge is 2.00. The molecule has 0 aromatic heterocycles. The molecule has 0 aliphatic rings. The summed E-state index contributed by atoms with van der Waals surface area (Å²) in [6.45, 7) is 2.21. The van der Waals surface area contributed by atoms with E-state index < -0.39 is 0 Å². The van der Waals surface area contributed by atoms with E-state index in [1.165, 1.54) is 11.8 Å². The highest BCUT2D eigenvalue weighted by atomic mass is 32.2. The van der Waals surface area contributed by atoms with Crippen molar-refractivity contribution in [2.24, 2.45) is 5.73 Å². The van der Waals surface area contributed by atoms with Gasteiger partial charge in [-0.3, -0.25) is 4.79 Å². The predicted molar refractivity (Wildman–Crippen MR) is 52.8 cm³/mol. The van der Waals surface area contributed by atoms with Crippen molar-refractivity contribution in [2.75, 3.05) is 18.1 Å². The molecule has 68 valence electrons. The Morgan fingerprint density at radius 2 is 2.50 bits per heavy atom. The second-order valence-electron chi connectivity index (χ2n) is 2.47. The maximum absolute atomic E-state index is 10.9. The molecule has 0 rings (SSSR count). The summed E-state index contributed by atoms with van der Waals surface area (Å²) < 4.78 is 0. The fourth-order valence-corrected chi connectivity index (χ4v) is 1.32. The Kier molecular flexibility index (Phi) is 6.63. The molecule has 0 fully saturated rings. The minimum atomic E-state index is -0.0291. The molecule has 3 N–H and O–H groups in total. The molecule has 0 radical (unpaired) electrons. The monoisotopic (exact) mass is 186 g/mol. The van der Waals surface area contributed by atoms with Crippen molar-refractivity contribution in [3.8, 4) is 12.3 Å². The minimum Gasteiger partial charge on any atom is -0.344 e. The van der Waals surface area contributed by atoms with E-state index in [1.807, 2.05) is 6.92 Å². The smallest absolute Gasteiger partial charge is 0.230 e. The Labute approximate surface area is 77.5 Å². The Morgan fingerprint density at radius 3 is 3.00 bits per heavy atom. The van der Waals surface area contributed by atoms with Crippen LogP contribution >= 0.6 is 11.8 Å². The van der Waals surface area contributed by atoms with Gasteiger partial charge >= 0.3 is 0 Å². The normalized spacial score (nSPS) is 11.8. The quantitative estimate of drug-likeness (QED) is 0.585. The number of carbonyl (C=O) groups is 1. The van der Waals surface area contributed by atoms with E-state index in [0.29, 0.717) is 12.3 Å². The van der Waals surface area contributed by atoms with Gasteiger partial charge in [0.2, 0.25) is 5.91 Å². The first-order chi connectivity index (χ1) is 5.66. The van der Waals surface area contributed by atoms with Crippen LogP contribution in [0.15, 0.2) is 0 Å². The maximum atomic E-state index is 10.9. The molecule has 0 heterocycles. The highest BCUT2D eigenvalue weighted by Crippen LogP contribution is 1.99. The molecular formula is C8H14N2OS. The lowest BCUT2D eigenvalue weighted by Gasteiger charge is -2.03. The van der Waals surface area contributed by atoms with Crippen LogP contribution in [-0.4, -0.2) is 30.0 Å². The average molecular weight is 186 g/mol. The number of nitrogens with two attached hydrogens (primary N) is 1. The largest absolute Gasteiger partial charge is 0.344 e. The minimum absolute atomic E-state index is 0.0291. The van der Waals surface area contributed by atoms with E-state index in [1.54, 1.807) is 0 Å². The first-order valence-corrected chi connectivity index (χ1v) is 4.85. The van der Waals surface area contributed by atoms with E-state index in [-0.39, 0.29) is 11.9 Å². The summed E-state index contributed by atoms with van der Waals surface area (Å²) in [5, 5.41) is 2.57. The van der Waals surface area contributed by atoms with Crippen LogP contribution in [0, 0.1) is 12.3 Å². The molecule has 0 bridgehead atoms. The van der Waals surface area contributed by atoms with Crippen LogP contribution in [0.25, 0.3) is 0 Å². The summed E-state index contributed by atoms with van der Waals surface area (Å²) in [6.07, 6.45) is 4.96. The maximum Gasteiger partial charge on any atom is 0.230 e. The van der Waals surface area contributed by atoms with Crippen LogP contribution in [0.5, 0.6) is 0 Å². The summed E-state index contributed by atoms with van der Waals surface area (Å²) in [4.78, 5) is 10.9. The van der Waals surface area contributed by atoms with Crippen LogP contribution in [-0.2, 0) is 4.79 Å². The summed E-state index contributed by atoms with van der Waals surface area (Å²) in [7, 11) is 0. The fraction of sp³-hybridized carbons (Fsp3) is 0.625. The molecule has 1 unspecified atom stereocenters. The first kappa shape index (κ1) is 11.3. The van der Waals surface area contributed by atoms with Crippen LogP contribution in [0.2, 0.25) is 0 Å². The Morgan fingerprint density at radius 1 is 1.83 bits per heavy atom. The van der Waals surface area contributed by atoms with Crippen molar-refractivity contribution < 1.29 is 4.79 Å². The number of nitrogens with one attached hydrogen (secondary N) is 1. The summed E-state index contributed by atoms with van der Waals surface area (Å²) in [5.41, 5.74) is 5.49. The zero-order valence-electron chi connectivity index (χ0n) is 7.17. The standard InChI is InChI=1S/C8H14N2OS/c1-3-4-10-8(11)6-12-5-7(2)9/h1,7H,4-6,9H2,2H3,(H,10,11). The van der Waals surface area contributed by atoms with Crippen LogP contribution in [0.4, 0.5) is 0 Å². The third kappa shape index (κ3) is 7.45. The van der Waals surface area contributed by atoms with Crippen LogP contribution < -0.4 is 11.1 Å². The number of carbonyl (C=O) groups excluding carboxylic acids is 1. The van der Waals surface area contributed by atoms with Gasteiger partial charge in [0.05, 0.1) is 12.3 Å². The molecule has 0 spiro atoms. The van der Waals surface area contributed by atoms with Crippen molar-refractivity contribution >= 4 is 17.7 Å². The highest BCUT2D eigenvalue weighted by molar-refractivity contribution is 7.99. The third-order valence-electron chi connectivity index (χ3n) is 1.00. The lowest BCUT2D eigenvalue weighted by molar-refractivity contribution is -0.118. The molecule has 3 nitrogen and oxygen atoms in total. The summed E-state index contributed by atoms with van der Waals surface area (Å²) in [5.74, 6) is 3.53. The average Bonchev–Trinajstić information content (AvgIpc) is 2.00. The van der Waals surface area contributed by atoms with Crippen LogP contribution in [0.3, 0.4) is 0 Å². The molecule has 4 heteroatoms. The van der Waals surface area contributed by atoms with Gasteiger partial charge in [-0.15, -0.1) is 6.42 Å². The number of hydrogen-bond acceptors (Lipinski definition) is 3. The predicted octanol–water partition coefficient (Wildman–Crippen LogP) is -0.184. The second-order valence-corrected chi connectivity index (χ2v) is 3.50. The van der Waals surface area contributed by atoms with Gasteiger partial charge in [-0.25, -0.2) is 0 Å². The lowest BCUT2D eigenvalue weighted by Crippen LogP contribution is -2.26. The molecule has 0 saturated carbocycles. The van der Waals surface area contributed by atoms with Crippen molar-refractivity contribution in [1.82, 2.24) is 5.32 Å². The van der Waals surface area contributed by atoms with E-state index >= 15 is 0 Å². The Hall–Kier alpha value is -0.660. The van der Waals surface area contributed by atoms with E-state index in [4.69, 9.17) is 12.2 Å². The van der Waals surface area contributed by atoms with Gasteiger partial charge in [0.15, 0.2) is 0 Å². The van der Waals surface area contributed by atoms with Crippen molar-refractivity contribution in [1.29, 1.82) is 0 Å². The topological polar surface area (TPSA) is 55.1 Å². The SMILES string of the molecule is C#CCNC(=O)CSCC(C)N. The number of hydrogen-bond donors (Lipinski definition) is 2. The van der Waals surface area contributed by atoms with Gasteiger partial charge in [0.25, 0.3) is 0 Å². The van der Waals surface area contributed by atoms with E-state index in [2.05, 4.69) is 11.2 Å². The number of terminal acetylenes is 1. The van der Waals surface area contributed by atoms with Gasteiger partial charge in [-0.1, -0.05) is 5.92 Å². The van der Waals surface area contributed by atoms with Crippen molar-refractivity contribution in [3.05, 3.63) is 0 Å². The molecule has 0 aliphatic carbocycles. The van der Waals surface area contributed by atoms with E-state index in [0.717, 1.165) is 5.75 Å². The van der Waals surface area contributed by atoms with Gasteiger partial charge in [0, 0.05) is 11.8 Å². The molecule has 0 aromatic rings. The molecule has 1 atom stereocenters. The van der Waals surface area contributed by atoms with Gasteiger partial charge in [-0.2, -0.15) is 11.8 Å². The molecule has 1 amide bonds. The Bertz CT molecular complexity index is 174. The zero-order chi connectivity index (χ0) is 9.40. The number of thioether (sulfide) groups is 1. The van der Waals surface area contributed by atoms with Gasteiger partial charge < -0.3 is 11.1 Å².